The van der Waals surface area contributed by atoms with Gasteiger partial charge in [0.05, 0.1) is 6.54 Å². The van der Waals surface area contributed by atoms with Crippen molar-refractivity contribution < 1.29 is 4.79 Å². The van der Waals surface area contributed by atoms with Crippen LogP contribution in [0.15, 0.2) is 6.07 Å². The van der Waals surface area contributed by atoms with Crippen LogP contribution in [0, 0.1) is 6.92 Å². The van der Waals surface area contributed by atoms with Crippen molar-refractivity contribution >= 4 is 11.7 Å². The van der Waals surface area contributed by atoms with Crippen molar-refractivity contribution in [1.29, 1.82) is 0 Å². The topological polar surface area (TPSA) is 61.4 Å². The van der Waals surface area contributed by atoms with E-state index >= 15 is 0 Å². The Morgan fingerprint density at radius 1 is 1.20 bits per heavy atom. The molecule has 0 radical (unpaired) electrons. The van der Waals surface area contributed by atoms with Gasteiger partial charge in [0.25, 0.3) is 0 Å². The molecule has 25 heavy (non-hydrogen) atoms. The lowest BCUT2D eigenvalue weighted by Crippen LogP contribution is -2.50. The number of aryl methyl sites for hydroxylation is 1. The van der Waals surface area contributed by atoms with Gasteiger partial charge >= 0.3 is 0 Å². The number of hydrogen-bond donors (Lipinski definition) is 1. The normalized spacial score (nSPS) is 17.0. The molecule has 1 aromatic heterocycles. The zero-order valence-corrected chi connectivity index (χ0v) is 16.4. The maximum absolute atomic E-state index is 12.1. The second kappa shape index (κ2) is 9.13. The number of amides is 1. The first-order valence-corrected chi connectivity index (χ1v) is 9.51. The maximum atomic E-state index is 12.1. The van der Waals surface area contributed by atoms with Crippen LogP contribution < -0.4 is 10.2 Å². The van der Waals surface area contributed by atoms with Crippen molar-refractivity contribution in [1.82, 2.24) is 20.2 Å². The maximum Gasteiger partial charge on any atom is 0.234 e. The Morgan fingerprint density at radius 2 is 1.88 bits per heavy atom. The minimum absolute atomic E-state index is 0.134. The van der Waals surface area contributed by atoms with Crippen LogP contribution in [-0.2, 0) is 4.79 Å². The first kappa shape index (κ1) is 19.6. The molecule has 140 valence electrons. The number of carbonyl (C=O) groups is 1. The number of carbonyl (C=O) groups excluding carboxylic acids is 1. The van der Waals surface area contributed by atoms with Crippen LogP contribution in [0.2, 0.25) is 0 Å². The van der Waals surface area contributed by atoms with Gasteiger partial charge in [-0.15, -0.1) is 0 Å². The zero-order valence-electron chi connectivity index (χ0n) is 16.4. The molecule has 1 saturated heterocycles. The molecule has 0 spiro atoms. The molecule has 1 amide bonds. The van der Waals surface area contributed by atoms with E-state index < -0.39 is 0 Å². The van der Waals surface area contributed by atoms with Crippen LogP contribution >= 0.6 is 0 Å². The molecule has 0 aliphatic carbocycles. The van der Waals surface area contributed by atoms with Gasteiger partial charge in [0.15, 0.2) is 0 Å². The van der Waals surface area contributed by atoms with Gasteiger partial charge in [-0.1, -0.05) is 27.2 Å². The number of rotatable bonds is 7. The van der Waals surface area contributed by atoms with Crippen molar-refractivity contribution in [3.63, 3.8) is 0 Å². The first-order chi connectivity index (χ1) is 11.9. The van der Waals surface area contributed by atoms with E-state index in [1.54, 1.807) is 0 Å². The molecule has 1 aromatic rings. The summed E-state index contributed by atoms with van der Waals surface area (Å²) in [6, 6.07) is 2.32. The lowest BCUT2D eigenvalue weighted by Gasteiger charge is -2.35. The van der Waals surface area contributed by atoms with Crippen molar-refractivity contribution in [3.05, 3.63) is 17.6 Å². The summed E-state index contributed by atoms with van der Waals surface area (Å²) < 4.78 is 0. The van der Waals surface area contributed by atoms with Crippen molar-refractivity contribution in [3.8, 4) is 0 Å². The minimum atomic E-state index is 0.134. The van der Waals surface area contributed by atoms with E-state index in [4.69, 9.17) is 4.98 Å². The first-order valence-electron chi connectivity index (χ1n) is 9.51. The van der Waals surface area contributed by atoms with E-state index in [2.05, 4.69) is 53.9 Å². The van der Waals surface area contributed by atoms with Crippen LogP contribution in [0.5, 0.6) is 0 Å². The number of piperazine rings is 1. The van der Waals surface area contributed by atoms with Crippen LogP contribution in [0.1, 0.15) is 58.0 Å². The van der Waals surface area contributed by atoms with Gasteiger partial charge in [0, 0.05) is 49.9 Å². The Morgan fingerprint density at radius 3 is 2.48 bits per heavy atom. The Kier molecular flexibility index (Phi) is 7.17. The van der Waals surface area contributed by atoms with Crippen LogP contribution in [0.25, 0.3) is 0 Å². The molecule has 1 fully saturated rings. The van der Waals surface area contributed by atoms with Crippen molar-refractivity contribution in [2.45, 2.75) is 59.4 Å². The molecule has 1 N–H and O–H groups in total. The lowest BCUT2D eigenvalue weighted by atomic mass is 10.2. The predicted octanol–water partition coefficient (Wildman–Crippen LogP) is 2.34. The summed E-state index contributed by atoms with van der Waals surface area (Å²) in [4.78, 5) is 25.9. The molecule has 1 atom stereocenters. The minimum Gasteiger partial charge on any atom is -0.354 e. The van der Waals surface area contributed by atoms with Gasteiger partial charge in [-0.25, -0.2) is 9.97 Å². The second-order valence-corrected chi connectivity index (χ2v) is 7.40. The summed E-state index contributed by atoms with van der Waals surface area (Å²) >= 11 is 0. The van der Waals surface area contributed by atoms with E-state index in [1.165, 1.54) is 0 Å². The van der Waals surface area contributed by atoms with Crippen molar-refractivity contribution in [2.75, 3.05) is 37.6 Å². The van der Waals surface area contributed by atoms with E-state index in [9.17, 15) is 4.79 Å². The van der Waals surface area contributed by atoms with Crippen LogP contribution in [0.4, 0.5) is 5.82 Å². The number of aromatic nitrogens is 2. The second-order valence-electron chi connectivity index (χ2n) is 7.40. The average Bonchev–Trinajstić information content (AvgIpc) is 2.55. The van der Waals surface area contributed by atoms with Gasteiger partial charge in [-0.2, -0.15) is 0 Å². The fraction of sp³-hybridized carbons (Fsp3) is 0.737. The molecule has 6 nitrogen and oxygen atoms in total. The molecule has 0 bridgehead atoms. The summed E-state index contributed by atoms with van der Waals surface area (Å²) in [6.07, 6.45) is 2.13. The molecule has 1 unspecified atom stereocenters. The summed E-state index contributed by atoms with van der Waals surface area (Å²) in [7, 11) is 0. The molecule has 0 aromatic carbocycles. The summed E-state index contributed by atoms with van der Waals surface area (Å²) in [6.45, 7) is 14.5. The van der Waals surface area contributed by atoms with Gasteiger partial charge in [0.2, 0.25) is 5.91 Å². The highest BCUT2D eigenvalue weighted by Gasteiger charge is 2.21. The monoisotopic (exact) mass is 347 g/mol. The third-order valence-electron chi connectivity index (χ3n) is 4.57. The van der Waals surface area contributed by atoms with Crippen LogP contribution in [0.3, 0.4) is 0 Å². The summed E-state index contributed by atoms with van der Waals surface area (Å²) in [5.41, 5.74) is 1.01. The molecule has 2 rings (SSSR count). The molecule has 1 aliphatic heterocycles. The Balaban J connectivity index is 1.86. The number of hydrogen-bond acceptors (Lipinski definition) is 5. The van der Waals surface area contributed by atoms with Gasteiger partial charge in [0.1, 0.15) is 11.6 Å². The fourth-order valence-electron chi connectivity index (χ4n) is 3.16. The molecule has 6 heteroatoms. The highest BCUT2D eigenvalue weighted by atomic mass is 16.2. The third kappa shape index (κ3) is 5.96. The van der Waals surface area contributed by atoms with Crippen LogP contribution in [-0.4, -0.2) is 59.5 Å². The molecule has 0 saturated carbocycles. The fourth-order valence-corrected chi connectivity index (χ4v) is 3.16. The van der Waals surface area contributed by atoms with Gasteiger partial charge in [-0.3, -0.25) is 9.69 Å². The summed E-state index contributed by atoms with van der Waals surface area (Å²) in [5, 5.41) is 3.08. The average molecular weight is 348 g/mol. The number of nitrogens with one attached hydrogen (secondary N) is 1. The Bertz CT molecular complexity index is 567. The SMILES string of the molecule is CCCC(C)NC(=O)CN1CCN(c2cc(C)nc(C(C)C)n2)CC1. The molecular formula is C19H33N5O. The zero-order chi connectivity index (χ0) is 18.4. The van der Waals surface area contributed by atoms with Crippen molar-refractivity contribution in [2.24, 2.45) is 0 Å². The Labute approximate surface area is 152 Å². The largest absolute Gasteiger partial charge is 0.354 e. The molecule has 2 heterocycles. The van der Waals surface area contributed by atoms with E-state index in [-0.39, 0.29) is 11.9 Å². The standard InChI is InChI=1S/C19H33N5O/c1-6-7-15(4)20-18(25)13-23-8-10-24(11-9-23)17-12-16(5)21-19(22-17)14(2)3/h12,14-15H,6-11,13H2,1-5H3,(H,20,25). The third-order valence-corrected chi connectivity index (χ3v) is 4.57. The number of nitrogens with zero attached hydrogens (tertiary/aromatic N) is 4. The highest BCUT2D eigenvalue weighted by Crippen LogP contribution is 2.18. The van der Waals surface area contributed by atoms with E-state index in [1.807, 2.05) is 6.92 Å². The predicted molar refractivity (Wildman–Crippen MR) is 102 cm³/mol. The van der Waals surface area contributed by atoms with E-state index in [0.717, 1.165) is 56.4 Å². The molecule has 1 aliphatic rings. The molecular weight excluding hydrogens is 314 g/mol. The highest BCUT2D eigenvalue weighted by molar-refractivity contribution is 5.78. The lowest BCUT2D eigenvalue weighted by molar-refractivity contribution is -0.122. The number of anilines is 1. The smallest absolute Gasteiger partial charge is 0.234 e. The van der Waals surface area contributed by atoms with Gasteiger partial charge < -0.3 is 10.2 Å². The Hall–Kier alpha value is -1.69. The summed E-state index contributed by atoms with van der Waals surface area (Å²) in [5.74, 6) is 2.38. The van der Waals surface area contributed by atoms with E-state index in [0.29, 0.717) is 12.5 Å². The van der Waals surface area contributed by atoms with Gasteiger partial charge in [-0.05, 0) is 20.3 Å². The quantitative estimate of drug-likeness (QED) is 0.820.